The second-order valence-corrected chi connectivity index (χ2v) is 6.74. The molecule has 2 rings (SSSR count). The second-order valence-electron chi connectivity index (χ2n) is 5.82. The van der Waals surface area contributed by atoms with E-state index in [-0.39, 0.29) is 12.1 Å². The van der Waals surface area contributed by atoms with Crippen molar-refractivity contribution in [1.82, 2.24) is 0 Å². The summed E-state index contributed by atoms with van der Waals surface area (Å²) in [6.45, 7) is 2.28. The van der Waals surface area contributed by atoms with Crippen LogP contribution in [0.2, 0.25) is 0 Å². The first-order valence-electron chi connectivity index (χ1n) is 7.42. The van der Waals surface area contributed by atoms with Gasteiger partial charge in [-0.25, -0.2) is 0 Å². The van der Waals surface area contributed by atoms with Crippen molar-refractivity contribution in [2.24, 2.45) is 11.7 Å². The summed E-state index contributed by atoms with van der Waals surface area (Å²) in [5.41, 5.74) is 6.92. The smallest absolute Gasteiger partial charge is 0.124 e. The molecule has 4 heteroatoms. The predicted molar refractivity (Wildman–Crippen MR) is 84.8 cm³/mol. The lowest BCUT2D eigenvalue weighted by molar-refractivity contribution is 0.0849. The molecule has 0 radical (unpaired) electrons. The molecule has 0 aromatic heterocycles. The topological polar surface area (TPSA) is 55.5 Å². The molecule has 2 unspecified atom stereocenters. The van der Waals surface area contributed by atoms with Crippen molar-refractivity contribution >= 4 is 15.9 Å². The van der Waals surface area contributed by atoms with Crippen LogP contribution in [0.3, 0.4) is 0 Å². The Morgan fingerprint density at radius 2 is 2.10 bits per heavy atom. The van der Waals surface area contributed by atoms with Crippen LogP contribution in [0.25, 0.3) is 0 Å². The molecule has 0 aliphatic heterocycles. The molecule has 1 aromatic carbocycles. The molecular weight excluding hydrogens is 318 g/mol. The lowest BCUT2D eigenvalue weighted by Crippen LogP contribution is -2.21. The van der Waals surface area contributed by atoms with Gasteiger partial charge < -0.3 is 15.6 Å². The monoisotopic (exact) mass is 341 g/mol. The van der Waals surface area contributed by atoms with Crippen LogP contribution in [0.1, 0.15) is 50.6 Å². The average molecular weight is 342 g/mol. The Kier molecular flexibility index (Phi) is 5.87. The molecular formula is C16H24BrNO2. The Morgan fingerprint density at radius 3 is 2.75 bits per heavy atom. The van der Waals surface area contributed by atoms with Gasteiger partial charge in [-0.15, -0.1) is 0 Å². The molecule has 2 atom stereocenters. The maximum Gasteiger partial charge on any atom is 0.124 e. The van der Waals surface area contributed by atoms with Crippen LogP contribution in [0.5, 0.6) is 5.75 Å². The number of aliphatic hydroxyl groups excluding tert-OH is 1. The van der Waals surface area contributed by atoms with Crippen LogP contribution < -0.4 is 10.5 Å². The minimum absolute atomic E-state index is 0.0884. The first kappa shape index (κ1) is 15.8. The number of rotatable bonds is 6. The van der Waals surface area contributed by atoms with E-state index in [9.17, 15) is 5.11 Å². The van der Waals surface area contributed by atoms with Crippen molar-refractivity contribution in [1.29, 1.82) is 0 Å². The van der Waals surface area contributed by atoms with E-state index in [1.54, 1.807) is 0 Å². The van der Waals surface area contributed by atoms with E-state index in [0.717, 1.165) is 22.2 Å². The highest BCUT2D eigenvalue weighted by atomic mass is 79.9. The Balaban J connectivity index is 1.89. The third-order valence-electron chi connectivity index (χ3n) is 3.97. The standard InChI is InChI=1S/C16H24BrNO2/c1-11(18)15-9-13(17)6-7-16(15)20-10-14(19)8-12-4-2-3-5-12/h6-7,9,11-12,14,19H,2-5,8,10,18H2,1H3. The molecule has 0 heterocycles. The Morgan fingerprint density at radius 1 is 1.40 bits per heavy atom. The van der Waals surface area contributed by atoms with Crippen LogP contribution in [0.4, 0.5) is 0 Å². The van der Waals surface area contributed by atoms with Crippen molar-refractivity contribution in [3.8, 4) is 5.75 Å². The quantitative estimate of drug-likeness (QED) is 0.827. The molecule has 3 N–H and O–H groups in total. The molecule has 0 bridgehead atoms. The first-order chi connectivity index (χ1) is 9.56. The molecule has 1 saturated carbocycles. The minimum atomic E-state index is -0.386. The van der Waals surface area contributed by atoms with E-state index in [4.69, 9.17) is 10.5 Å². The van der Waals surface area contributed by atoms with Crippen LogP contribution in [-0.2, 0) is 0 Å². The second kappa shape index (κ2) is 7.43. The summed E-state index contributed by atoms with van der Waals surface area (Å²) in [6, 6.07) is 5.73. The van der Waals surface area contributed by atoms with Gasteiger partial charge in [0.1, 0.15) is 12.4 Å². The van der Waals surface area contributed by atoms with Crippen LogP contribution in [0.15, 0.2) is 22.7 Å². The molecule has 0 amide bonds. The summed E-state index contributed by atoms with van der Waals surface area (Å²) >= 11 is 3.44. The fourth-order valence-electron chi connectivity index (χ4n) is 2.89. The molecule has 1 aliphatic carbocycles. The zero-order chi connectivity index (χ0) is 14.5. The maximum atomic E-state index is 10.1. The van der Waals surface area contributed by atoms with Crippen molar-refractivity contribution in [2.75, 3.05) is 6.61 Å². The lowest BCUT2D eigenvalue weighted by Gasteiger charge is -2.19. The van der Waals surface area contributed by atoms with Crippen molar-refractivity contribution in [2.45, 2.75) is 51.2 Å². The molecule has 1 fully saturated rings. The maximum absolute atomic E-state index is 10.1. The number of hydrogen-bond acceptors (Lipinski definition) is 3. The van der Waals surface area contributed by atoms with Gasteiger partial charge in [-0.3, -0.25) is 0 Å². The SMILES string of the molecule is CC(N)c1cc(Br)ccc1OCC(O)CC1CCCC1. The van der Waals surface area contributed by atoms with E-state index < -0.39 is 0 Å². The summed E-state index contributed by atoms with van der Waals surface area (Å²) in [6.07, 6.45) is 5.58. The molecule has 0 saturated heterocycles. The number of aliphatic hydroxyl groups is 1. The number of nitrogens with two attached hydrogens (primary N) is 1. The molecule has 3 nitrogen and oxygen atoms in total. The number of hydrogen-bond donors (Lipinski definition) is 2. The van der Waals surface area contributed by atoms with Gasteiger partial charge in [0.25, 0.3) is 0 Å². The van der Waals surface area contributed by atoms with E-state index in [1.165, 1.54) is 25.7 Å². The highest BCUT2D eigenvalue weighted by Crippen LogP contribution is 2.30. The van der Waals surface area contributed by atoms with Crippen molar-refractivity contribution in [3.63, 3.8) is 0 Å². The molecule has 1 aliphatic rings. The predicted octanol–water partition coefficient (Wildman–Crippen LogP) is 3.79. The minimum Gasteiger partial charge on any atom is -0.491 e. The van der Waals surface area contributed by atoms with Gasteiger partial charge in [-0.1, -0.05) is 41.6 Å². The third-order valence-corrected chi connectivity index (χ3v) is 4.47. The molecule has 1 aromatic rings. The van der Waals surface area contributed by atoms with Gasteiger partial charge in [0, 0.05) is 16.1 Å². The summed E-state index contributed by atoms with van der Waals surface area (Å²) in [4.78, 5) is 0. The molecule has 0 spiro atoms. The number of halogens is 1. The highest BCUT2D eigenvalue weighted by Gasteiger charge is 2.19. The summed E-state index contributed by atoms with van der Waals surface area (Å²) in [5.74, 6) is 1.44. The van der Waals surface area contributed by atoms with Gasteiger partial charge >= 0.3 is 0 Å². The average Bonchev–Trinajstić information content (AvgIpc) is 2.90. The Hall–Kier alpha value is -0.580. The number of benzene rings is 1. The van der Waals surface area contributed by atoms with Gasteiger partial charge in [0.2, 0.25) is 0 Å². The zero-order valence-electron chi connectivity index (χ0n) is 12.0. The molecule has 20 heavy (non-hydrogen) atoms. The van der Waals surface area contributed by atoms with Crippen LogP contribution in [-0.4, -0.2) is 17.8 Å². The van der Waals surface area contributed by atoms with E-state index >= 15 is 0 Å². The largest absolute Gasteiger partial charge is 0.491 e. The normalized spacial score (nSPS) is 19.0. The summed E-state index contributed by atoms with van der Waals surface area (Å²) in [5, 5.41) is 10.1. The third kappa shape index (κ3) is 4.47. The van der Waals surface area contributed by atoms with Crippen LogP contribution >= 0.6 is 15.9 Å². The fourth-order valence-corrected chi connectivity index (χ4v) is 3.27. The van der Waals surface area contributed by atoms with Crippen LogP contribution in [0, 0.1) is 5.92 Å². The first-order valence-corrected chi connectivity index (χ1v) is 8.21. The van der Waals surface area contributed by atoms with Crippen molar-refractivity contribution < 1.29 is 9.84 Å². The van der Waals surface area contributed by atoms with Gasteiger partial charge in [-0.2, -0.15) is 0 Å². The summed E-state index contributed by atoms with van der Waals surface area (Å²) < 4.78 is 6.76. The van der Waals surface area contributed by atoms with E-state index in [0.29, 0.717) is 12.5 Å². The van der Waals surface area contributed by atoms with Gasteiger partial charge in [0.15, 0.2) is 0 Å². The fraction of sp³-hybridized carbons (Fsp3) is 0.625. The van der Waals surface area contributed by atoms with E-state index in [1.807, 2.05) is 25.1 Å². The molecule has 112 valence electrons. The highest BCUT2D eigenvalue weighted by molar-refractivity contribution is 9.10. The lowest BCUT2D eigenvalue weighted by atomic mass is 10.0. The Bertz CT molecular complexity index is 430. The van der Waals surface area contributed by atoms with Gasteiger partial charge in [0.05, 0.1) is 6.10 Å². The van der Waals surface area contributed by atoms with E-state index in [2.05, 4.69) is 15.9 Å². The van der Waals surface area contributed by atoms with Crippen molar-refractivity contribution in [3.05, 3.63) is 28.2 Å². The Labute approximate surface area is 129 Å². The zero-order valence-corrected chi connectivity index (χ0v) is 13.6. The number of ether oxygens (including phenoxy) is 1. The summed E-state index contributed by atoms with van der Waals surface area (Å²) in [7, 11) is 0. The van der Waals surface area contributed by atoms with Gasteiger partial charge in [-0.05, 0) is 37.5 Å².